The first kappa shape index (κ1) is 15.9. The Balaban J connectivity index is 2.49. The molecule has 0 spiro atoms. The molecule has 0 saturated carbocycles. The molecule has 0 aliphatic carbocycles. The second kappa shape index (κ2) is 6.85. The quantitative estimate of drug-likeness (QED) is 0.722. The third-order valence-electron chi connectivity index (χ3n) is 3.43. The summed E-state index contributed by atoms with van der Waals surface area (Å²) in [6, 6.07) is 8.99. The second-order valence-corrected chi connectivity index (χ2v) is 7.69. The van der Waals surface area contributed by atoms with Crippen LogP contribution in [-0.4, -0.2) is 25.2 Å². The predicted molar refractivity (Wildman–Crippen MR) is 78.1 cm³/mol. The lowest BCUT2D eigenvalue weighted by Gasteiger charge is -2.16. The van der Waals surface area contributed by atoms with Gasteiger partial charge in [0.15, 0.2) is 15.6 Å². The predicted octanol–water partition coefficient (Wildman–Crippen LogP) is 3.11. The van der Waals surface area contributed by atoms with E-state index in [2.05, 4.69) is 0 Å². The molecule has 0 bridgehead atoms. The lowest BCUT2D eigenvalue weighted by Crippen LogP contribution is -2.26. The smallest absolute Gasteiger partial charge is 0.162 e. The molecular weight excluding hydrogens is 260 g/mol. The topological polar surface area (TPSA) is 51.2 Å². The number of hydrogen-bond acceptors (Lipinski definition) is 3. The highest BCUT2D eigenvalue weighted by Crippen LogP contribution is 2.14. The van der Waals surface area contributed by atoms with Gasteiger partial charge in [0.05, 0.1) is 11.0 Å². The third-order valence-corrected chi connectivity index (χ3v) is 5.97. The Morgan fingerprint density at radius 1 is 1.11 bits per heavy atom. The van der Waals surface area contributed by atoms with E-state index < -0.39 is 9.84 Å². The van der Waals surface area contributed by atoms with Crippen molar-refractivity contribution in [1.29, 1.82) is 0 Å². The van der Waals surface area contributed by atoms with E-state index >= 15 is 0 Å². The number of carbonyl (C=O) groups excluding carboxylic acids is 1. The Bertz CT molecular complexity index is 503. The molecule has 0 fully saturated rings. The first-order valence-corrected chi connectivity index (χ1v) is 8.36. The zero-order chi connectivity index (χ0) is 14.5. The van der Waals surface area contributed by atoms with Crippen molar-refractivity contribution >= 4 is 15.6 Å². The molecule has 1 unspecified atom stereocenters. The molecule has 3 nitrogen and oxygen atoms in total. The fourth-order valence-corrected chi connectivity index (χ4v) is 3.55. The highest BCUT2D eigenvalue weighted by atomic mass is 32.2. The van der Waals surface area contributed by atoms with Crippen LogP contribution in [0.25, 0.3) is 0 Å². The minimum atomic E-state index is -3.09. The fourth-order valence-electron chi connectivity index (χ4n) is 1.80. The van der Waals surface area contributed by atoms with Gasteiger partial charge < -0.3 is 0 Å². The van der Waals surface area contributed by atoms with E-state index in [1.54, 1.807) is 19.1 Å². The first-order valence-electron chi connectivity index (χ1n) is 6.64. The average molecular weight is 282 g/mol. The van der Waals surface area contributed by atoms with Crippen LogP contribution in [0, 0.1) is 5.92 Å². The van der Waals surface area contributed by atoms with Gasteiger partial charge >= 0.3 is 0 Å². The Labute approximate surface area is 116 Å². The summed E-state index contributed by atoms with van der Waals surface area (Å²) in [5.41, 5.74) is 0.650. The minimum absolute atomic E-state index is 0.00741. The average Bonchev–Trinajstić information content (AvgIpc) is 2.38. The molecule has 1 atom stereocenters. The zero-order valence-electron chi connectivity index (χ0n) is 11.8. The van der Waals surface area contributed by atoms with E-state index in [4.69, 9.17) is 0 Å². The van der Waals surface area contributed by atoms with Crippen molar-refractivity contribution in [2.45, 2.75) is 38.9 Å². The SMILES string of the molecule is CC(C)C(C)S(=O)(=O)CCCC(=O)c1ccccc1. The van der Waals surface area contributed by atoms with E-state index in [1.807, 2.05) is 32.0 Å². The maximum Gasteiger partial charge on any atom is 0.162 e. The molecule has 1 rings (SSSR count). The molecule has 106 valence electrons. The highest BCUT2D eigenvalue weighted by molar-refractivity contribution is 7.92. The molecule has 1 aromatic carbocycles. The molecule has 0 saturated heterocycles. The summed E-state index contributed by atoms with van der Waals surface area (Å²) in [7, 11) is -3.09. The Morgan fingerprint density at radius 2 is 1.68 bits per heavy atom. The van der Waals surface area contributed by atoms with E-state index in [0.29, 0.717) is 12.0 Å². The summed E-state index contributed by atoms with van der Waals surface area (Å²) in [6.45, 7) is 5.54. The lowest BCUT2D eigenvalue weighted by atomic mass is 10.1. The van der Waals surface area contributed by atoms with Gasteiger partial charge in [0.25, 0.3) is 0 Å². The van der Waals surface area contributed by atoms with Gasteiger partial charge in [-0.25, -0.2) is 8.42 Å². The van der Waals surface area contributed by atoms with Crippen molar-refractivity contribution in [3.63, 3.8) is 0 Å². The Hall–Kier alpha value is -1.16. The molecule has 0 amide bonds. The molecule has 1 aromatic rings. The monoisotopic (exact) mass is 282 g/mol. The summed E-state index contributed by atoms with van der Waals surface area (Å²) in [5.74, 6) is 0.202. The van der Waals surface area contributed by atoms with E-state index in [0.717, 1.165) is 0 Å². The van der Waals surface area contributed by atoms with Gasteiger partial charge in [-0.05, 0) is 19.3 Å². The van der Waals surface area contributed by atoms with Crippen molar-refractivity contribution in [1.82, 2.24) is 0 Å². The highest BCUT2D eigenvalue weighted by Gasteiger charge is 2.23. The molecule has 0 aliphatic rings. The van der Waals surface area contributed by atoms with Crippen LogP contribution in [0.5, 0.6) is 0 Å². The van der Waals surface area contributed by atoms with Crippen LogP contribution in [0.4, 0.5) is 0 Å². The molecule has 0 N–H and O–H groups in total. The van der Waals surface area contributed by atoms with Crippen LogP contribution in [-0.2, 0) is 9.84 Å². The van der Waals surface area contributed by atoms with Crippen molar-refractivity contribution in [2.24, 2.45) is 5.92 Å². The van der Waals surface area contributed by atoms with Crippen LogP contribution in [0.15, 0.2) is 30.3 Å². The zero-order valence-corrected chi connectivity index (χ0v) is 12.6. The number of hydrogen-bond donors (Lipinski definition) is 0. The van der Waals surface area contributed by atoms with Crippen molar-refractivity contribution in [2.75, 3.05) is 5.75 Å². The van der Waals surface area contributed by atoms with Gasteiger partial charge in [-0.15, -0.1) is 0 Å². The molecule has 0 radical (unpaired) electrons. The van der Waals surface area contributed by atoms with E-state index in [-0.39, 0.29) is 29.1 Å². The van der Waals surface area contributed by atoms with E-state index in [9.17, 15) is 13.2 Å². The van der Waals surface area contributed by atoms with Gasteiger partial charge in [-0.2, -0.15) is 0 Å². The first-order chi connectivity index (χ1) is 8.84. The molecule has 0 aromatic heterocycles. The van der Waals surface area contributed by atoms with Crippen molar-refractivity contribution < 1.29 is 13.2 Å². The molecule has 0 aliphatic heterocycles. The van der Waals surface area contributed by atoms with Gasteiger partial charge in [-0.3, -0.25) is 4.79 Å². The number of benzene rings is 1. The largest absolute Gasteiger partial charge is 0.294 e. The van der Waals surface area contributed by atoms with Crippen molar-refractivity contribution in [3.05, 3.63) is 35.9 Å². The second-order valence-electron chi connectivity index (χ2n) is 5.21. The van der Waals surface area contributed by atoms with E-state index in [1.165, 1.54) is 0 Å². The van der Waals surface area contributed by atoms with Crippen LogP contribution < -0.4 is 0 Å². The standard InChI is InChI=1S/C15H22O3S/c1-12(2)13(3)19(17,18)11-7-10-15(16)14-8-5-4-6-9-14/h4-6,8-9,12-13H,7,10-11H2,1-3H3. The molecule has 4 heteroatoms. The minimum Gasteiger partial charge on any atom is -0.294 e. The Kier molecular flexibility index (Phi) is 5.73. The van der Waals surface area contributed by atoms with Crippen molar-refractivity contribution in [3.8, 4) is 0 Å². The number of carbonyl (C=O) groups is 1. The summed E-state index contributed by atoms with van der Waals surface area (Å²) in [6.07, 6.45) is 0.682. The molecular formula is C15H22O3S. The maximum absolute atomic E-state index is 12.0. The summed E-state index contributed by atoms with van der Waals surface area (Å²) in [4.78, 5) is 11.8. The third kappa shape index (κ3) is 4.78. The summed E-state index contributed by atoms with van der Waals surface area (Å²) >= 11 is 0. The van der Waals surface area contributed by atoms with Crippen LogP contribution in [0.2, 0.25) is 0 Å². The number of Topliss-reactive ketones (excluding diaryl/α,β-unsaturated/α-hetero) is 1. The molecule has 0 heterocycles. The van der Waals surface area contributed by atoms with Crippen LogP contribution >= 0.6 is 0 Å². The number of rotatable bonds is 7. The molecule has 19 heavy (non-hydrogen) atoms. The summed E-state index contributed by atoms with van der Waals surface area (Å²) < 4.78 is 24.0. The summed E-state index contributed by atoms with van der Waals surface area (Å²) in [5, 5.41) is -0.348. The maximum atomic E-state index is 12.0. The lowest BCUT2D eigenvalue weighted by molar-refractivity contribution is 0.0982. The number of ketones is 1. The fraction of sp³-hybridized carbons (Fsp3) is 0.533. The number of sulfone groups is 1. The normalized spacial score (nSPS) is 13.5. The van der Waals surface area contributed by atoms with Gasteiger partial charge in [0.1, 0.15) is 0 Å². The Morgan fingerprint density at radius 3 is 2.21 bits per heavy atom. The van der Waals surface area contributed by atoms with Gasteiger partial charge in [-0.1, -0.05) is 44.2 Å². The van der Waals surface area contributed by atoms with Crippen LogP contribution in [0.3, 0.4) is 0 Å². The van der Waals surface area contributed by atoms with Gasteiger partial charge in [0.2, 0.25) is 0 Å². The van der Waals surface area contributed by atoms with Crippen LogP contribution in [0.1, 0.15) is 44.0 Å². The van der Waals surface area contributed by atoms with Gasteiger partial charge in [0, 0.05) is 12.0 Å².